The van der Waals surface area contributed by atoms with Crippen molar-refractivity contribution in [1.29, 1.82) is 0 Å². The molecular formula is C26H31N3O4S. The van der Waals surface area contributed by atoms with E-state index in [1.165, 1.54) is 17.5 Å². The molecule has 180 valence electrons. The van der Waals surface area contributed by atoms with Gasteiger partial charge in [-0.25, -0.2) is 8.42 Å². The van der Waals surface area contributed by atoms with Crippen molar-refractivity contribution in [3.05, 3.63) is 89.2 Å². The van der Waals surface area contributed by atoms with Crippen molar-refractivity contribution in [2.45, 2.75) is 38.8 Å². The van der Waals surface area contributed by atoms with E-state index in [1.807, 2.05) is 43.3 Å². The largest absolute Gasteiger partial charge is 0.495 e. The molecule has 2 aromatic carbocycles. The highest BCUT2D eigenvalue weighted by molar-refractivity contribution is 7.89. The monoisotopic (exact) mass is 481 g/mol. The first-order valence-electron chi connectivity index (χ1n) is 11.2. The summed E-state index contributed by atoms with van der Waals surface area (Å²) in [6.45, 7) is 6.92. The maximum Gasteiger partial charge on any atom is 0.254 e. The number of aryl methyl sites for hydroxylation is 1. The Bertz CT molecular complexity index is 1230. The molecule has 1 amide bonds. The Morgan fingerprint density at radius 2 is 1.74 bits per heavy atom. The van der Waals surface area contributed by atoms with E-state index in [9.17, 15) is 13.2 Å². The molecule has 0 saturated carbocycles. The van der Waals surface area contributed by atoms with Crippen LogP contribution in [0, 0.1) is 6.92 Å². The minimum atomic E-state index is -3.82. The van der Waals surface area contributed by atoms with E-state index in [-0.39, 0.29) is 22.1 Å². The van der Waals surface area contributed by atoms with Gasteiger partial charge in [-0.05, 0) is 47.9 Å². The average Bonchev–Trinajstić information content (AvgIpc) is 2.85. The number of carbonyl (C=O) groups is 1. The average molecular weight is 482 g/mol. The van der Waals surface area contributed by atoms with E-state index < -0.39 is 10.0 Å². The highest BCUT2D eigenvalue weighted by Gasteiger charge is 2.28. The normalized spacial score (nSPS) is 11.4. The lowest BCUT2D eigenvalue weighted by atomic mass is 10.1. The molecule has 8 heteroatoms. The van der Waals surface area contributed by atoms with Gasteiger partial charge in [0.15, 0.2) is 0 Å². The predicted octanol–water partition coefficient (Wildman–Crippen LogP) is 4.27. The quantitative estimate of drug-likeness (QED) is 0.432. The van der Waals surface area contributed by atoms with Crippen molar-refractivity contribution in [2.24, 2.45) is 0 Å². The maximum absolute atomic E-state index is 13.7. The summed E-state index contributed by atoms with van der Waals surface area (Å²) in [6, 6.07) is 16.2. The predicted molar refractivity (Wildman–Crippen MR) is 132 cm³/mol. The Kier molecular flexibility index (Phi) is 8.41. The number of carbonyl (C=O) groups excluding carboxylic acids is 1. The summed E-state index contributed by atoms with van der Waals surface area (Å²) >= 11 is 0. The molecule has 0 fully saturated rings. The van der Waals surface area contributed by atoms with Gasteiger partial charge >= 0.3 is 0 Å². The fraction of sp³-hybridized carbons (Fsp3) is 0.308. The summed E-state index contributed by atoms with van der Waals surface area (Å²) in [5.41, 5.74) is 3.26. The number of sulfonamides is 1. The smallest absolute Gasteiger partial charge is 0.254 e. The topological polar surface area (TPSA) is 79.8 Å². The van der Waals surface area contributed by atoms with Crippen molar-refractivity contribution in [1.82, 2.24) is 14.2 Å². The number of benzene rings is 2. The van der Waals surface area contributed by atoms with Gasteiger partial charge in [-0.1, -0.05) is 44.2 Å². The number of hydrogen-bond acceptors (Lipinski definition) is 5. The van der Waals surface area contributed by atoms with Gasteiger partial charge in [-0.2, -0.15) is 4.31 Å². The lowest BCUT2D eigenvalue weighted by molar-refractivity contribution is 0.0729. The van der Waals surface area contributed by atoms with Crippen LogP contribution in [0.5, 0.6) is 5.75 Å². The van der Waals surface area contributed by atoms with Crippen molar-refractivity contribution < 1.29 is 17.9 Å². The lowest BCUT2D eigenvalue weighted by Gasteiger charge is -2.25. The second-order valence-electron chi connectivity index (χ2n) is 7.90. The summed E-state index contributed by atoms with van der Waals surface area (Å²) in [4.78, 5) is 19.6. The number of hydrogen-bond donors (Lipinski definition) is 0. The molecule has 0 aliphatic rings. The molecule has 3 rings (SSSR count). The van der Waals surface area contributed by atoms with Crippen molar-refractivity contribution >= 4 is 15.9 Å². The number of rotatable bonds is 10. The number of pyridine rings is 1. The molecule has 0 aliphatic heterocycles. The molecule has 0 saturated heterocycles. The van der Waals surface area contributed by atoms with E-state index in [0.29, 0.717) is 26.2 Å². The minimum absolute atomic E-state index is 0.0123. The fourth-order valence-corrected chi connectivity index (χ4v) is 5.44. The molecular weight excluding hydrogens is 450 g/mol. The molecule has 0 spiro atoms. The van der Waals surface area contributed by atoms with Gasteiger partial charge in [0, 0.05) is 44.1 Å². The van der Waals surface area contributed by atoms with Crippen LogP contribution in [0.1, 0.15) is 40.9 Å². The van der Waals surface area contributed by atoms with Gasteiger partial charge in [-0.15, -0.1) is 0 Å². The first-order chi connectivity index (χ1) is 16.3. The van der Waals surface area contributed by atoms with Gasteiger partial charge in [0.1, 0.15) is 10.6 Å². The summed E-state index contributed by atoms with van der Waals surface area (Å²) < 4.78 is 33.2. The molecule has 0 bridgehead atoms. The highest BCUT2D eigenvalue weighted by atomic mass is 32.2. The molecule has 0 aliphatic carbocycles. The highest BCUT2D eigenvalue weighted by Crippen LogP contribution is 2.29. The molecule has 3 aromatic rings. The number of aromatic nitrogens is 1. The Morgan fingerprint density at radius 1 is 1.00 bits per heavy atom. The van der Waals surface area contributed by atoms with Crippen molar-refractivity contribution in [3.8, 4) is 5.75 Å². The Balaban J connectivity index is 2.04. The van der Waals surface area contributed by atoms with Crippen LogP contribution >= 0.6 is 0 Å². The van der Waals surface area contributed by atoms with Crippen molar-refractivity contribution in [3.63, 3.8) is 0 Å². The van der Waals surface area contributed by atoms with Crippen LogP contribution in [0.25, 0.3) is 0 Å². The van der Waals surface area contributed by atoms with Gasteiger partial charge < -0.3 is 9.64 Å². The lowest BCUT2D eigenvalue weighted by Crippen LogP contribution is -2.32. The number of nitrogens with zero attached hydrogens (tertiary/aromatic N) is 3. The first kappa shape index (κ1) is 25.4. The Hall–Kier alpha value is -3.23. The van der Waals surface area contributed by atoms with E-state index >= 15 is 0 Å². The summed E-state index contributed by atoms with van der Waals surface area (Å²) in [6.07, 6.45) is 3.41. The van der Waals surface area contributed by atoms with Crippen LogP contribution in [0.15, 0.2) is 71.9 Å². The van der Waals surface area contributed by atoms with E-state index in [0.717, 1.165) is 16.7 Å². The number of ether oxygens (including phenoxy) is 1. The third-order valence-corrected chi connectivity index (χ3v) is 7.81. The van der Waals surface area contributed by atoms with Gasteiger partial charge in [0.05, 0.1) is 7.11 Å². The SMILES string of the molecule is CCN(CC)S(=O)(=O)c1cc(C(=O)N(Cc2cccnc2)Cc2ccccc2C)ccc1OC. The second-order valence-corrected chi connectivity index (χ2v) is 9.81. The molecule has 0 radical (unpaired) electrons. The molecule has 0 unspecified atom stereocenters. The van der Waals surface area contributed by atoms with E-state index in [4.69, 9.17) is 4.74 Å². The third-order valence-electron chi connectivity index (χ3n) is 5.74. The van der Waals surface area contributed by atoms with E-state index in [1.54, 1.807) is 43.3 Å². The van der Waals surface area contributed by atoms with Crippen LogP contribution in [-0.4, -0.2) is 48.7 Å². The van der Waals surface area contributed by atoms with Crippen LogP contribution in [0.2, 0.25) is 0 Å². The molecule has 0 N–H and O–H groups in total. The summed E-state index contributed by atoms with van der Waals surface area (Å²) in [5, 5.41) is 0. The minimum Gasteiger partial charge on any atom is -0.495 e. The number of methoxy groups -OCH3 is 1. The van der Waals surface area contributed by atoms with E-state index in [2.05, 4.69) is 4.98 Å². The van der Waals surface area contributed by atoms with Crippen LogP contribution in [0.4, 0.5) is 0 Å². The first-order valence-corrected chi connectivity index (χ1v) is 12.7. The molecule has 1 heterocycles. The van der Waals surface area contributed by atoms with Crippen molar-refractivity contribution in [2.75, 3.05) is 20.2 Å². The molecule has 1 aromatic heterocycles. The summed E-state index contributed by atoms with van der Waals surface area (Å²) in [7, 11) is -2.40. The zero-order valence-corrected chi connectivity index (χ0v) is 20.9. The van der Waals surface area contributed by atoms with Gasteiger partial charge in [-0.3, -0.25) is 9.78 Å². The van der Waals surface area contributed by atoms with Gasteiger partial charge in [0.25, 0.3) is 5.91 Å². The Labute approximate surface area is 202 Å². The zero-order valence-electron chi connectivity index (χ0n) is 20.1. The van der Waals surface area contributed by atoms with Crippen LogP contribution < -0.4 is 4.74 Å². The molecule has 34 heavy (non-hydrogen) atoms. The van der Waals surface area contributed by atoms with Gasteiger partial charge in [0.2, 0.25) is 10.0 Å². The summed E-state index contributed by atoms with van der Waals surface area (Å²) in [5.74, 6) is -0.0630. The third kappa shape index (κ3) is 5.63. The maximum atomic E-state index is 13.7. The fourth-order valence-electron chi connectivity index (χ4n) is 3.80. The van der Waals surface area contributed by atoms with Crippen LogP contribution in [-0.2, 0) is 23.1 Å². The molecule has 0 atom stereocenters. The zero-order chi connectivity index (χ0) is 24.7. The standard InChI is InChI=1S/C26H31N3O4S/c1-5-29(6-2)34(31,32)25-16-22(13-14-24(25)33-4)26(30)28(18-21-11-9-15-27-17-21)19-23-12-8-7-10-20(23)3/h7-17H,5-6,18-19H2,1-4H3. The second kappa shape index (κ2) is 11.3. The van der Waals surface area contributed by atoms with Crippen LogP contribution in [0.3, 0.4) is 0 Å². The molecule has 7 nitrogen and oxygen atoms in total. The number of amides is 1. The Morgan fingerprint density at radius 3 is 2.35 bits per heavy atom.